The van der Waals surface area contributed by atoms with Gasteiger partial charge in [-0.15, -0.1) is 11.3 Å². The van der Waals surface area contributed by atoms with E-state index in [1.165, 1.54) is 11.3 Å². The number of anilines is 1. The minimum absolute atomic E-state index is 0.739. The van der Waals surface area contributed by atoms with Crippen molar-refractivity contribution in [1.29, 1.82) is 0 Å². The Morgan fingerprint density at radius 3 is 2.67 bits per heavy atom. The van der Waals surface area contributed by atoms with E-state index in [0.29, 0.717) is 0 Å². The lowest BCUT2D eigenvalue weighted by atomic mass is 10.2. The van der Waals surface area contributed by atoms with E-state index in [2.05, 4.69) is 22.4 Å². The summed E-state index contributed by atoms with van der Waals surface area (Å²) in [6, 6.07) is 18.0. The first-order valence-electron chi connectivity index (χ1n) is 7.88. The maximum absolute atomic E-state index is 5.56. The number of hydrazone groups is 1. The number of nitrogens with zero attached hydrogens (tertiary/aromatic N) is 2. The Morgan fingerprint density at radius 1 is 1.12 bits per heavy atom. The van der Waals surface area contributed by atoms with Crippen molar-refractivity contribution in [3.05, 3.63) is 65.5 Å². The van der Waals surface area contributed by atoms with Gasteiger partial charge in [-0.1, -0.05) is 37.3 Å². The molecule has 0 aliphatic rings. The van der Waals surface area contributed by atoms with E-state index in [9.17, 15) is 0 Å². The van der Waals surface area contributed by atoms with Gasteiger partial charge in [0, 0.05) is 10.9 Å². The predicted molar refractivity (Wildman–Crippen MR) is 101 cm³/mol. The Kier molecular flexibility index (Phi) is 5.58. The standard InChI is InChI=1S/C19H19N3OS/c1-2-12-23-17-10-8-15(9-11-17)13-20-22-19-21-18(14-24-19)16-6-4-3-5-7-16/h3-11,13-14H,2,12H2,1H3,(H,21,22). The van der Waals surface area contributed by atoms with Crippen molar-refractivity contribution in [1.82, 2.24) is 4.98 Å². The summed E-state index contributed by atoms with van der Waals surface area (Å²) in [6.07, 6.45) is 2.78. The van der Waals surface area contributed by atoms with Crippen LogP contribution in [0.1, 0.15) is 18.9 Å². The quantitative estimate of drug-likeness (QED) is 0.485. The molecule has 0 bridgehead atoms. The Hall–Kier alpha value is -2.66. The first kappa shape index (κ1) is 16.2. The van der Waals surface area contributed by atoms with Crippen LogP contribution in [0.5, 0.6) is 5.75 Å². The molecule has 3 aromatic rings. The highest BCUT2D eigenvalue weighted by Gasteiger charge is 2.02. The van der Waals surface area contributed by atoms with Gasteiger partial charge in [-0.3, -0.25) is 5.43 Å². The van der Waals surface area contributed by atoms with Gasteiger partial charge < -0.3 is 4.74 Å². The molecule has 0 atom stereocenters. The first-order valence-corrected chi connectivity index (χ1v) is 8.76. The molecule has 0 radical (unpaired) electrons. The van der Waals surface area contributed by atoms with Gasteiger partial charge in [0.2, 0.25) is 5.13 Å². The zero-order chi connectivity index (χ0) is 16.6. The molecule has 0 spiro atoms. The Balaban J connectivity index is 1.57. The third-order valence-corrected chi connectivity index (χ3v) is 4.05. The maximum Gasteiger partial charge on any atom is 0.203 e. The summed E-state index contributed by atoms with van der Waals surface area (Å²) in [6.45, 7) is 2.83. The average molecular weight is 337 g/mol. The lowest BCUT2D eigenvalue weighted by Crippen LogP contribution is -1.95. The SMILES string of the molecule is CCCOc1ccc(C=NNc2nc(-c3ccccc3)cs2)cc1. The molecule has 3 rings (SSSR count). The van der Waals surface area contributed by atoms with Gasteiger partial charge >= 0.3 is 0 Å². The molecule has 0 aliphatic carbocycles. The van der Waals surface area contributed by atoms with Crippen molar-refractivity contribution in [3.63, 3.8) is 0 Å². The topological polar surface area (TPSA) is 46.5 Å². The van der Waals surface area contributed by atoms with Crippen LogP contribution in [0.15, 0.2) is 65.1 Å². The van der Waals surface area contributed by atoms with Crippen LogP contribution < -0.4 is 10.2 Å². The van der Waals surface area contributed by atoms with Crippen LogP contribution in [0.4, 0.5) is 5.13 Å². The number of hydrogen-bond acceptors (Lipinski definition) is 5. The minimum Gasteiger partial charge on any atom is -0.494 e. The summed E-state index contributed by atoms with van der Waals surface area (Å²) in [5.74, 6) is 0.884. The molecule has 0 unspecified atom stereocenters. The van der Waals surface area contributed by atoms with Crippen LogP contribution in [-0.2, 0) is 0 Å². The molecular formula is C19H19N3OS. The minimum atomic E-state index is 0.739. The van der Waals surface area contributed by atoms with Crippen LogP contribution in [0.25, 0.3) is 11.3 Å². The average Bonchev–Trinajstić information content (AvgIpc) is 3.11. The summed E-state index contributed by atoms with van der Waals surface area (Å²) < 4.78 is 5.56. The Morgan fingerprint density at radius 2 is 1.92 bits per heavy atom. The van der Waals surface area contributed by atoms with Crippen LogP contribution in [-0.4, -0.2) is 17.8 Å². The van der Waals surface area contributed by atoms with Gasteiger partial charge in [0.1, 0.15) is 5.75 Å². The molecule has 1 heterocycles. The Labute approximate surface area is 145 Å². The fraction of sp³-hybridized carbons (Fsp3) is 0.158. The van der Waals surface area contributed by atoms with Crippen molar-refractivity contribution in [2.45, 2.75) is 13.3 Å². The van der Waals surface area contributed by atoms with Crippen molar-refractivity contribution in [3.8, 4) is 17.0 Å². The second kappa shape index (κ2) is 8.26. The molecule has 0 saturated heterocycles. The van der Waals surface area contributed by atoms with Crippen molar-refractivity contribution in [2.75, 3.05) is 12.0 Å². The van der Waals surface area contributed by atoms with Crippen LogP contribution >= 0.6 is 11.3 Å². The number of hydrogen-bond donors (Lipinski definition) is 1. The van der Waals surface area contributed by atoms with E-state index < -0.39 is 0 Å². The lowest BCUT2D eigenvalue weighted by Gasteiger charge is -2.03. The van der Waals surface area contributed by atoms with Crippen molar-refractivity contribution in [2.24, 2.45) is 5.10 Å². The van der Waals surface area contributed by atoms with Gasteiger partial charge in [0.05, 0.1) is 18.5 Å². The van der Waals surface area contributed by atoms with E-state index in [4.69, 9.17) is 4.74 Å². The molecular weight excluding hydrogens is 318 g/mol. The molecule has 1 aromatic heterocycles. The third-order valence-electron chi connectivity index (χ3n) is 3.30. The van der Waals surface area contributed by atoms with Gasteiger partial charge in [0.15, 0.2) is 0 Å². The summed E-state index contributed by atoms with van der Waals surface area (Å²) in [5, 5.41) is 7.03. The number of thiazole rings is 1. The molecule has 1 N–H and O–H groups in total. The summed E-state index contributed by atoms with van der Waals surface area (Å²) in [4.78, 5) is 4.53. The zero-order valence-electron chi connectivity index (χ0n) is 13.5. The van der Waals surface area contributed by atoms with Crippen LogP contribution in [0, 0.1) is 0 Å². The predicted octanol–water partition coefficient (Wildman–Crippen LogP) is 5.04. The van der Waals surface area contributed by atoms with Crippen molar-refractivity contribution >= 4 is 22.7 Å². The second-order valence-electron chi connectivity index (χ2n) is 5.19. The maximum atomic E-state index is 5.56. The highest BCUT2D eigenvalue weighted by Crippen LogP contribution is 2.24. The summed E-state index contributed by atoms with van der Waals surface area (Å²) in [5.41, 5.74) is 6.04. The molecule has 4 nitrogen and oxygen atoms in total. The molecule has 0 aliphatic heterocycles. The monoisotopic (exact) mass is 337 g/mol. The smallest absolute Gasteiger partial charge is 0.203 e. The van der Waals surface area contributed by atoms with E-state index in [1.54, 1.807) is 6.21 Å². The fourth-order valence-electron chi connectivity index (χ4n) is 2.10. The van der Waals surface area contributed by atoms with E-state index in [0.717, 1.165) is 40.7 Å². The van der Waals surface area contributed by atoms with Crippen LogP contribution in [0.3, 0.4) is 0 Å². The largest absolute Gasteiger partial charge is 0.494 e. The number of benzene rings is 2. The summed E-state index contributed by atoms with van der Waals surface area (Å²) >= 11 is 1.54. The van der Waals surface area contributed by atoms with Crippen LogP contribution in [0.2, 0.25) is 0 Å². The normalized spacial score (nSPS) is 10.9. The van der Waals surface area contributed by atoms with Gasteiger partial charge in [-0.25, -0.2) is 4.98 Å². The van der Waals surface area contributed by atoms with E-state index in [1.807, 2.05) is 60.0 Å². The van der Waals surface area contributed by atoms with Gasteiger partial charge in [0.25, 0.3) is 0 Å². The molecule has 2 aromatic carbocycles. The molecule has 0 amide bonds. The van der Waals surface area contributed by atoms with Gasteiger partial charge in [-0.2, -0.15) is 5.10 Å². The van der Waals surface area contributed by atoms with Crippen molar-refractivity contribution < 1.29 is 4.74 Å². The molecule has 122 valence electrons. The lowest BCUT2D eigenvalue weighted by molar-refractivity contribution is 0.317. The number of aromatic nitrogens is 1. The number of ether oxygens (including phenoxy) is 1. The number of rotatable bonds is 7. The molecule has 5 heteroatoms. The van der Waals surface area contributed by atoms with E-state index >= 15 is 0 Å². The third kappa shape index (κ3) is 4.43. The second-order valence-corrected chi connectivity index (χ2v) is 6.05. The summed E-state index contributed by atoms with van der Waals surface area (Å²) in [7, 11) is 0. The van der Waals surface area contributed by atoms with Gasteiger partial charge in [-0.05, 0) is 36.2 Å². The first-order chi connectivity index (χ1) is 11.8. The molecule has 0 saturated carbocycles. The number of nitrogens with one attached hydrogen (secondary N) is 1. The Bertz CT molecular complexity index is 782. The fourth-order valence-corrected chi connectivity index (χ4v) is 2.77. The molecule has 0 fully saturated rings. The zero-order valence-corrected chi connectivity index (χ0v) is 14.3. The molecule has 24 heavy (non-hydrogen) atoms. The highest BCUT2D eigenvalue weighted by molar-refractivity contribution is 7.14. The highest BCUT2D eigenvalue weighted by atomic mass is 32.1. The van der Waals surface area contributed by atoms with E-state index in [-0.39, 0.29) is 0 Å².